The number of anilines is 2. The van der Waals surface area contributed by atoms with Crippen LogP contribution in [0, 0.1) is 6.92 Å². The van der Waals surface area contributed by atoms with Crippen molar-refractivity contribution in [3.05, 3.63) is 59.4 Å². The minimum absolute atomic E-state index is 0.0980. The Morgan fingerprint density at radius 3 is 2.81 bits per heavy atom. The molecule has 3 heterocycles. The van der Waals surface area contributed by atoms with Crippen LogP contribution in [0.1, 0.15) is 21.5 Å². The Morgan fingerprint density at radius 2 is 2.08 bits per heavy atom. The molecule has 2 aromatic heterocycles. The fourth-order valence-electron chi connectivity index (χ4n) is 3.63. The zero-order chi connectivity index (χ0) is 26.5. The van der Waals surface area contributed by atoms with E-state index < -0.39 is 25.0 Å². The standard InChI is InChI=1S/C23H25F2N9O3/c1-13-3-4-14(21(26)31-32-30-16-11-33(12-16)23(36)37-2)7-18(13)29-22(35)17-9-28-34-6-5-15(8-19(17)34)27-10-20(24)25/h3-9,16,20H,10-12H2,1-2H3,(H4,26,27,28,29,30,31,35)/p+1. The van der Waals surface area contributed by atoms with Crippen molar-refractivity contribution in [2.45, 2.75) is 19.4 Å². The summed E-state index contributed by atoms with van der Waals surface area (Å²) < 4.78 is 31.3. The van der Waals surface area contributed by atoms with Crippen LogP contribution in [0.2, 0.25) is 0 Å². The van der Waals surface area contributed by atoms with E-state index >= 15 is 0 Å². The first-order valence-corrected chi connectivity index (χ1v) is 11.3. The van der Waals surface area contributed by atoms with Crippen LogP contribution in [0.4, 0.5) is 25.0 Å². The number of nitrogens with two attached hydrogens (primary N) is 1. The number of aromatic nitrogens is 2. The number of pyridine rings is 1. The summed E-state index contributed by atoms with van der Waals surface area (Å²) in [7, 11) is 1.31. The van der Waals surface area contributed by atoms with Gasteiger partial charge in [-0.2, -0.15) is 10.2 Å². The van der Waals surface area contributed by atoms with Gasteiger partial charge in [0.25, 0.3) is 17.8 Å². The van der Waals surface area contributed by atoms with Crippen molar-refractivity contribution in [3.8, 4) is 0 Å². The minimum Gasteiger partial charge on any atom is -0.453 e. The van der Waals surface area contributed by atoms with E-state index in [1.165, 1.54) is 18.2 Å². The topological polar surface area (TPSA) is 154 Å². The summed E-state index contributed by atoms with van der Waals surface area (Å²) in [6.45, 7) is 2.11. The van der Waals surface area contributed by atoms with Gasteiger partial charge in [-0.1, -0.05) is 16.6 Å². The average Bonchev–Trinajstić information content (AvgIpc) is 3.28. The van der Waals surface area contributed by atoms with E-state index in [0.29, 0.717) is 41.1 Å². The second-order valence-electron chi connectivity index (χ2n) is 8.33. The number of nitrogens with zero attached hydrogens (tertiary/aromatic N) is 5. The number of ether oxygens (including phenoxy) is 1. The zero-order valence-electron chi connectivity index (χ0n) is 20.1. The van der Waals surface area contributed by atoms with E-state index in [-0.39, 0.29) is 11.9 Å². The number of nitrogens with one attached hydrogen (secondary N) is 3. The van der Waals surface area contributed by atoms with Crippen molar-refractivity contribution < 1.29 is 27.6 Å². The molecule has 1 fully saturated rings. The molecular formula is C23H26F2N9O3+. The molecule has 1 aliphatic heterocycles. The van der Waals surface area contributed by atoms with Gasteiger partial charge in [0.05, 0.1) is 32.9 Å². The summed E-state index contributed by atoms with van der Waals surface area (Å²) in [5, 5.41) is 20.2. The molecule has 37 heavy (non-hydrogen) atoms. The molecular weight excluding hydrogens is 488 g/mol. The number of methoxy groups -OCH3 is 1. The highest BCUT2D eigenvalue weighted by atomic mass is 19.3. The normalized spacial score (nSPS) is 14.3. The van der Waals surface area contributed by atoms with Gasteiger partial charge in [0.1, 0.15) is 11.6 Å². The van der Waals surface area contributed by atoms with Crippen LogP contribution in [-0.4, -0.2) is 67.0 Å². The lowest BCUT2D eigenvalue weighted by Crippen LogP contribution is -2.52. The largest absolute Gasteiger partial charge is 0.453 e. The molecule has 5 N–H and O–H groups in total. The van der Waals surface area contributed by atoms with Crippen molar-refractivity contribution in [3.63, 3.8) is 0 Å². The number of alkyl halides is 2. The van der Waals surface area contributed by atoms with Gasteiger partial charge in [0.2, 0.25) is 6.20 Å². The van der Waals surface area contributed by atoms with Crippen LogP contribution >= 0.6 is 0 Å². The number of carbonyl (C=O) groups is 2. The summed E-state index contributed by atoms with van der Waals surface area (Å²) >= 11 is 0. The molecule has 0 bridgehead atoms. The fourth-order valence-corrected chi connectivity index (χ4v) is 3.63. The number of rotatable bonds is 8. The smallest absolute Gasteiger partial charge is 0.409 e. The Hall–Kier alpha value is -4.62. The summed E-state index contributed by atoms with van der Waals surface area (Å²) in [5.41, 5.74) is 9.17. The highest BCUT2D eigenvalue weighted by Crippen LogP contribution is 2.20. The van der Waals surface area contributed by atoms with E-state index in [4.69, 9.17) is 5.73 Å². The third kappa shape index (κ3) is 5.97. The van der Waals surface area contributed by atoms with E-state index in [1.807, 2.05) is 6.92 Å². The average molecular weight is 515 g/mol. The van der Waals surface area contributed by atoms with Crippen molar-refractivity contribution >= 4 is 34.7 Å². The van der Waals surface area contributed by atoms with Gasteiger partial charge in [-0.3, -0.25) is 4.79 Å². The quantitative estimate of drug-likeness (QED) is 0.120. The number of amides is 2. The van der Waals surface area contributed by atoms with Crippen LogP contribution in [0.15, 0.2) is 58.2 Å². The SMILES string of the molecule is COC(=O)N1CC(N=N/N=C(\N)c2ccc(C)c(NC(=O)c3c[nH][n+]4ccc(NCC(F)F)cc34)c2)C1. The molecule has 4 rings (SSSR count). The van der Waals surface area contributed by atoms with Gasteiger partial charge in [0.15, 0.2) is 5.84 Å². The van der Waals surface area contributed by atoms with Crippen LogP contribution in [0.25, 0.3) is 5.52 Å². The van der Waals surface area contributed by atoms with Crippen LogP contribution in [0.5, 0.6) is 0 Å². The number of aromatic amines is 1. The molecule has 0 saturated carbocycles. The number of amidine groups is 1. The molecule has 194 valence electrons. The highest BCUT2D eigenvalue weighted by Gasteiger charge is 2.31. The van der Waals surface area contributed by atoms with Crippen LogP contribution in [0.3, 0.4) is 0 Å². The maximum Gasteiger partial charge on any atom is 0.409 e. The molecule has 0 radical (unpaired) electrons. The van der Waals surface area contributed by atoms with Gasteiger partial charge < -0.3 is 26.0 Å². The molecule has 3 aromatic rings. The molecule has 1 saturated heterocycles. The summed E-state index contributed by atoms with van der Waals surface area (Å²) in [5.74, 6) is -0.304. The van der Waals surface area contributed by atoms with Crippen LogP contribution in [-0.2, 0) is 4.74 Å². The first-order valence-electron chi connectivity index (χ1n) is 11.3. The summed E-state index contributed by atoms with van der Waals surface area (Å²) in [6, 6.07) is 8.25. The third-order valence-electron chi connectivity index (χ3n) is 5.73. The molecule has 14 heteroatoms. The second kappa shape index (κ2) is 11.0. The summed E-state index contributed by atoms with van der Waals surface area (Å²) in [4.78, 5) is 25.9. The number of likely N-dealkylation sites (tertiary alicyclic amines) is 1. The lowest BCUT2D eigenvalue weighted by Gasteiger charge is -2.34. The number of hydrogen-bond acceptors (Lipinski definition) is 6. The van der Waals surface area contributed by atoms with Crippen molar-refractivity contribution in [2.75, 3.05) is 37.4 Å². The Kier molecular flexibility index (Phi) is 7.55. The van der Waals surface area contributed by atoms with E-state index in [2.05, 4.69) is 35.9 Å². The molecule has 1 aliphatic rings. The Bertz CT molecular complexity index is 1370. The maximum absolute atomic E-state index is 13.1. The molecule has 2 amide bonds. The lowest BCUT2D eigenvalue weighted by atomic mass is 10.1. The molecule has 0 atom stereocenters. The Morgan fingerprint density at radius 1 is 1.30 bits per heavy atom. The second-order valence-corrected chi connectivity index (χ2v) is 8.33. The summed E-state index contributed by atoms with van der Waals surface area (Å²) in [6.07, 6.45) is 0.242. The van der Waals surface area contributed by atoms with Crippen molar-refractivity contribution in [2.24, 2.45) is 21.2 Å². The van der Waals surface area contributed by atoms with Crippen molar-refractivity contribution in [1.82, 2.24) is 10.00 Å². The molecule has 12 nitrogen and oxygen atoms in total. The number of H-pyrrole nitrogens is 1. The number of hydrogen-bond donors (Lipinski definition) is 4. The molecule has 1 aromatic carbocycles. The van der Waals surface area contributed by atoms with Gasteiger partial charge in [-0.25, -0.2) is 13.6 Å². The minimum atomic E-state index is -2.50. The Balaban J connectivity index is 1.45. The maximum atomic E-state index is 13.1. The number of benzene rings is 1. The van der Waals surface area contributed by atoms with E-state index in [0.717, 1.165) is 5.56 Å². The van der Waals surface area contributed by atoms with Crippen molar-refractivity contribution in [1.29, 1.82) is 0 Å². The third-order valence-corrected chi connectivity index (χ3v) is 5.73. The van der Waals surface area contributed by atoms with Crippen LogP contribution < -0.4 is 20.9 Å². The van der Waals surface area contributed by atoms with E-state index in [1.54, 1.807) is 41.0 Å². The fraction of sp³-hybridized carbons (Fsp3) is 0.304. The van der Waals surface area contributed by atoms with Gasteiger partial charge >= 0.3 is 6.09 Å². The van der Waals surface area contributed by atoms with Gasteiger partial charge in [-0.05, 0) is 23.8 Å². The zero-order valence-corrected chi connectivity index (χ0v) is 20.1. The van der Waals surface area contributed by atoms with Gasteiger partial charge in [-0.15, -0.1) is 5.10 Å². The lowest BCUT2D eigenvalue weighted by molar-refractivity contribution is -0.576. The highest BCUT2D eigenvalue weighted by molar-refractivity contribution is 6.09. The first-order chi connectivity index (χ1) is 17.7. The predicted octanol–water partition coefficient (Wildman–Crippen LogP) is 2.51. The molecule has 0 aliphatic carbocycles. The predicted molar refractivity (Wildman–Crippen MR) is 131 cm³/mol. The number of carbonyl (C=O) groups excluding carboxylic acids is 2. The van der Waals surface area contributed by atoms with E-state index in [9.17, 15) is 18.4 Å². The monoisotopic (exact) mass is 514 g/mol. The molecule has 0 spiro atoms. The number of aryl methyl sites for hydroxylation is 1. The number of fused-ring (bicyclic) bond motifs is 1. The Labute approximate surface area is 210 Å². The van der Waals surface area contributed by atoms with Gasteiger partial charge in [0, 0.05) is 29.1 Å². The first kappa shape index (κ1) is 25.5. The number of halogens is 2. The molecule has 0 unspecified atom stereocenters.